The summed E-state index contributed by atoms with van der Waals surface area (Å²) in [7, 11) is 0. The van der Waals surface area contributed by atoms with Crippen molar-refractivity contribution in [1.82, 2.24) is 0 Å². The Kier molecular flexibility index (Phi) is 12.9. The molecule has 0 aliphatic heterocycles. The minimum atomic E-state index is -0.250. The fourth-order valence-electron chi connectivity index (χ4n) is 12.0. The predicted molar refractivity (Wildman–Crippen MR) is 317 cm³/mol. The molecular formula is C70H58N2O6. The quantitative estimate of drug-likeness (QED) is 0.105. The monoisotopic (exact) mass is 1020 g/mol. The van der Waals surface area contributed by atoms with Crippen LogP contribution < -0.4 is 29.6 Å². The Morgan fingerprint density at radius 3 is 0.923 bits per heavy atom. The van der Waals surface area contributed by atoms with Crippen molar-refractivity contribution in [2.24, 2.45) is 0 Å². The summed E-state index contributed by atoms with van der Waals surface area (Å²) in [6.45, 7) is 4.88. The summed E-state index contributed by atoms with van der Waals surface area (Å²) < 4.78 is 27.1. The van der Waals surface area contributed by atoms with Gasteiger partial charge in [-0.25, -0.2) is 0 Å². The molecule has 2 N–H and O–H groups in total. The summed E-state index contributed by atoms with van der Waals surface area (Å²) in [5.74, 6) is 2.43. The zero-order valence-corrected chi connectivity index (χ0v) is 43.8. The number of carbonyl (C=O) groups excluding carboxylic acids is 2. The number of anilines is 2. The molecule has 0 atom stereocenters. The highest BCUT2D eigenvalue weighted by molar-refractivity contribution is 6.27. The number of fused-ring (bicyclic) bond motifs is 8. The van der Waals surface area contributed by atoms with Crippen LogP contribution in [0.1, 0.15) is 71.2 Å². The molecule has 2 amide bonds. The van der Waals surface area contributed by atoms with Gasteiger partial charge in [-0.1, -0.05) is 184 Å². The van der Waals surface area contributed by atoms with E-state index in [4.69, 9.17) is 18.9 Å². The molecule has 0 saturated heterocycles. The topological polar surface area (TPSA) is 95.1 Å². The van der Waals surface area contributed by atoms with Crippen LogP contribution in [0.4, 0.5) is 11.4 Å². The first kappa shape index (κ1) is 48.5. The van der Waals surface area contributed by atoms with Gasteiger partial charge in [0.25, 0.3) is 11.8 Å². The minimum Gasteiger partial charge on any atom is -0.493 e. The van der Waals surface area contributed by atoms with Gasteiger partial charge in [0.05, 0.1) is 13.2 Å². The van der Waals surface area contributed by atoms with Gasteiger partial charge < -0.3 is 29.6 Å². The lowest BCUT2D eigenvalue weighted by molar-refractivity contribution is -0.118. The molecule has 8 nitrogen and oxygen atoms in total. The Bertz CT molecular complexity index is 3870. The van der Waals surface area contributed by atoms with Gasteiger partial charge in [-0.15, -0.1) is 0 Å². The molecule has 0 spiro atoms. The minimum absolute atomic E-state index is 0.196. The standard InChI is InChI=1S/C70H58N2O6/c1-3-35-75-67-49-15-7-16-50(67)38-54-20-10-22-56(70(54)78-42-62(74)72-60-34-30-48-26-24-44-12-6-14-46-28-32-58(60)66(48)64(44)46)40-52-18-8-17-51(68(52)76-36-4-2)39-55-21-9-19-53(37-49)69(55)77-41-61(73)71-59-33-29-47-25-23-43-11-5-13-45-27-31-57(59)65(47)63(43)45/h5-34H,3-4,35-42H2,1-2H3,(H,71,73)(H,72,74). The number of rotatable bonds is 14. The molecule has 13 rings (SSSR count). The molecule has 0 saturated carbocycles. The fraction of sp³-hybridized carbons (Fsp3) is 0.171. The molecule has 0 heterocycles. The highest BCUT2D eigenvalue weighted by Crippen LogP contribution is 2.42. The van der Waals surface area contributed by atoms with Gasteiger partial charge in [0.2, 0.25) is 0 Å². The van der Waals surface area contributed by atoms with Crippen molar-refractivity contribution >= 4 is 87.8 Å². The van der Waals surface area contributed by atoms with Crippen molar-refractivity contribution in [3.05, 3.63) is 226 Å². The normalized spacial score (nSPS) is 12.4. The van der Waals surface area contributed by atoms with Gasteiger partial charge in [-0.2, -0.15) is 0 Å². The van der Waals surface area contributed by atoms with E-state index in [1.54, 1.807) is 0 Å². The number of amides is 2. The third-order valence-corrected chi connectivity index (χ3v) is 15.4. The van der Waals surface area contributed by atoms with E-state index >= 15 is 0 Å². The zero-order chi connectivity index (χ0) is 52.7. The van der Waals surface area contributed by atoms with Crippen LogP contribution in [0.5, 0.6) is 23.0 Å². The van der Waals surface area contributed by atoms with Crippen LogP contribution in [0.2, 0.25) is 0 Å². The lowest BCUT2D eigenvalue weighted by atomic mass is 9.91. The van der Waals surface area contributed by atoms with E-state index < -0.39 is 0 Å². The highest BCUT2D eigenvalue weighted by Gasteiger charge is 2.24. The van der Waals surface area contributed by atoms with Crippen molar-refractivity contribution in [1.29, 1.82) is 0 Å². The Morgan fingerprint density at radius 2 is 0.603 bits per heavy atom. The van der Waals surface area contributed by atoms with Gasteiger partial charge in [0.1, 0.15) is 23.0 Å². The molecule has 0 fully saturated rings. The number of benzene rings is 12. The molecule has 12 aromatic carbocycles. The Morgan fingerprint density at radius 1 is 0.333 bits per heavy atom. The van der Waals surface area contributed by atoms with Crippen LogP contribution in [0.3, 0.4) is 0 Å². The molecule has 8 heteroatoms. The number of carbonyl (C=O) groups is 2. The zero-order valence-electron chi connectivity index (χ0n) is 43.8. The van der Waals surface area contributed by atoms with Crippen LogP contribution in [0.15, 0.2) is 182 Å². The lowest BCUT2D eigenvalue weighted by Crippen LogP contribution is -2.21. The van der Waals surface area contributed by atoms with Crippen LogP contribution >= 0.6 is 0 Å². The summed E-state index contributed by atoms with van der Waals surface area (Å²) >= 11 is 0. The maximum absolute atomic E-state index is 14.2. The van der Waals surface area contributed by atoms with Gasteiger partial charge in [0.15, 0.2) is 13.2 Å². The van der Waals surface area contributed by atoms with Gasteiger partial charge in [-0.05, 0) is 123 Å². The molecule has 1 aliphatic rings. The SMILES string of the molecule is CCCOc1c2cccc1Cc1cccc(c1OCC(=O)Nc1ccc3ccc4cccc5ccc1c3c45)Cc1cccc(c1OCCC)Cc1cccc(c1OCC(=O)Nc1ccc3ccc4cccc5ccc1c3c45)C2. The summed E-state index contributed by atoms with van der Waals surface area (Å²) in [6.07, 6.45) is 3.59. The smallest absolute Gasteiger partial charge is 0.262 e. The van der Waals surface area contributed by atoms with Crippen molar-refractivity contribution in [3.8, 4) is 23.0 Å². The van der Waals surface area contributed by atoms with E-state index in [0.717, 1.165) is 113 Å². The second-order valence-corrected chi connectivity index (χ2v) is 20.6. The maximum Gasteiger partial charge on any atom is 0.262 e. The molecule has 12 aromatic rings. The number of ether oxygens (including phenoxy) is 4. The first-order valence-electron chi connectivity index (χ1n) is 27.3. The Labute approximate surface area is 453 Å². The van der Waals surface area contributed by atoms with Crippen molar-refractivity contribution in [2.75, 3.05) is 37.1 Å². The third kappa shape index (κ3) is 9.07. The van der Waals surface area contributed by atoms with Crippen LogP contribution in [0, 0.1) is 0 Å². The van der Waals surface area contributed by atoms with Crippen LogP contribution in [-0.2, 0) is 35.3 Å². The van der Waals surface area contributed by atoms with Gasteiger partial charge >= 0.3 is 0 Å². The number of hydrogen-bond donors (Lipinski definition) is 2. The van der Waals surface area contributed by atoms with Gasteiger partial charge in [-0.3, -0.25) is 9.59 Å². The first-order valence-corrected chi connectivity index (χ1v) is 27.3. The Balaban J connectivity index is 0.845. The Hall–Kier alpha value is -9.14. The summed E-state index contributed by atoms with van der Waals surface area (Å²) in [5, 5.41) is 20.0. The van der Waals surface area contributed by atoms with Crippen LogP contribution in [-0.4, -0.2) is 38.2 Å². The molecular weight excluding hydrogens is 965 g/mol. The maximum atomic E-state index is 14.2. The summed E-state index contributed by atoms with van der Waals surface area (Å²) in [6, 6.07) is 63.1. The third-order valence-electron chi connectivity index (χ3n) is 15.4. The molecule has 78 heavy (non-hydrogen) atoms. The number of hydrogen-bond acceptors (Lipinski definition) is 6. The second kappa shape index (κ2) is 20.8. The summed E-state index contributed by atoms with van der Waals surface area (Å²) in [5.41, 5.74) is 9.20. The molecule has 384 valence electrons. The average molecular weight is 1020 g/mol. The molecule has 8 bridgehead atoms. The van der Waals surface area contributed by atoms with Gasteiger partial charge in [0, 0.05) is 47.8 Å². The first-order chi connectivity index (χ1) is 38.4. The lowest BCUT2D eigenvalue weighted by Gasteiger charge is -2.22. The molecule has 0 radical (unpaired) electrons. The largest absolute Gasteiger partial charge is 0.493 e. The van der Waals surface area contributed by atoms with E-state index in [1.165, 1.54) is 32.3 Å². The van der Waals surface area contributed by atoms with Crippen molar-refractivity contribution in [2.45, 2.75) is 52.4 Å². The summed E-state index contributed by atoms with van der Waals surface area (Å²) in [4.78, 5) is 28.4. The highest BCUT2D eigenvalue weighted by atomic mass is 16.5. The molecule has 0 aromatic heterocycles. The molecule has 1 aliphatic carbocycles. The van der Waals surface area contributed by atoms with E-state index in [9.17, 15) is 9.59 Å². The van der Waals surface area contributed by atoms with Crippen LogP contribution in [0.25, 0.3) is 64.6 Å². The van der Waals surface area contributed by atoms with Crippen molar-refractivity contribution in [3.63, 3.8) is 0 Å². The average Bonchev–Trinajstić information content (AvgIpc) is 3.46. The van der Waals surface area contributed by atoms with E-state index in [-0.39, 0.29) is 25.0 Å². The number of nitrogens with one attached hydrogen (secondary N) is 2. The van der Waals surface area contributed by atoms with E-state index in [0.29, 0.717) is 50.4 Å². The second-order valence-electron chi connectivity index (χ2n) is 20.6. The number of para-hydroxylation sites is 4. The fourth-order valence-corrected chi connectivity index (χ4v) is 12.0. The molecule has 0 unspecified atom stereocenters. The predicted octanol–water partition coefficient (Wildman–Crippen LogP) is 15.8. The van der Waals surface area contributed by atoms with Crippen molar-refractivity contribution < 1.29 is 28.5 Å². The van der Waals surface area contributed by atoms with E-state index in [1.807, 2.05) is 12.1 Å². The van der Waals surface area contributed by atoms with E-state index in [2.05, 4.69) is 194 Å².